The average molecular weight is 301 g/mol. The van der Waals surface area contributed by atoms with Crippen molar-refractivity contribution < 1.29 is 8.42 Å². The van der Waals surface area contributed by atoms with Crippen LogP contribution in [0.4, 0.5) is 0 Å². The molecule has 8 heteroatoms. The van der Waals surface area contributed by atoms with Crippen LogP contribution in [0.15, 0.2) is 12.4 Å². The molecule has 20 heavy (non-hydrogen) atoms. The van der Waals surface area contributed by atoms with Gasteiger partial charge in [0.15, 0.2) is 0 Å². The monoisotopic (exact) mass is 301 g/mol. The van der Waals surface area contributed by atoms with Crippen molar-refractivity contribution in [1.29, 1.82) is 0 Å². The summed E-state index contributed by atoms with van der Waals surface area (Å²) in [6, 6.07) is 0.0348. The van der Waals surface area contributed by atoms with E-state index in [-0.39, 0.29) is 12.6 Å². The molecule has 1 saturated heterocycles. The van der Waals surface area contributed by atoms with Gasteiger partial charge in [0.05, 0.1) is 6.54 Å². The van der Waals surface area contributed by atoms with E-state index in [1.54, 1.807) is 16.7 Å². The Bertz CT molecular complexity index is 526. The molecule has 1 aliphatic rings. The molecule has 1 fully saturated rings. The minimum absolute atomic E-state index is 0.0348. The Morgan fingerprint density at radius 2 is 2.25 bits per heavy atom. The van der Waals surface area contributed by atoms with E-state index < -0.39 is 10.2 Å². The van der Waals surface area contributed by atoms with Crippen molar-refractivity contribution >= 4 is 10.2 Å². The third-order valence-corrected chi connectivity index (χ3v) is 5.26. The highest BCUT2D eigenvalue weighted by molar-refractivity contribution is 7.87. The Labute approximate surface area is 120 Å². The van der Waals surface area contributed by atoms with Crippen molar-refractivity contribution in [3.63, 3.8) is 0 Å². The van der Waals surface area contributed by atoms with Gasteiger partial charge in [0.2, 0.25) is 0 Å². The van der Waals surface area contributed by atoms with Gasteiger partial charge < -0.3 is 9.88 Å². The lowest BCUT2D eigenvalue weighted by Crippen LogP contribution is -2.52. The second kappa shape index (κ2) is 6.66. The summed E-state index contributed by atoms with van der Waals surface area (Å²) < 4.78 is 30.9. The van der Waals surface area contributed by atoms with Gasteiger partial charge in [0.25, 0.3) is 10.2 Å². The summed E-state index contributed by atoms with van der Waals surface area (Å²) in [4.78, 5) is 4.12. The molecular weight excluding hydrogens is 278 g/mol. The lowest BCUT2D eigenvalue weighted by atomic mass is 10.1. The number of nitrogens with zero attached hydrogens (tertiary/aromatic N) is 3. The Morgan fingerprint density at radius 3 is 2.90 bits per heavy atom. The van der Waals surface area contributed by atoms with Gasteiger partial charge in [0.1, 0.15) is 5.82 Å². The van der Waals surface area contributed by atoms with Gasteiger partial charge in [-0.15, -0.1) is 0 Å². The minimum atomic E-state index is -3.46. The summed E-state index contributed by atoms with van der Waals surface area (Å²) in [5.41, 5.74) is 0. The number of hydrogen-bond donors (Lipinski definition) is 2. The van der Waals surface area contributed by atoms with Crippen LogP contribution in [-0.4, -0.2) is 48.5 Å². The van der Waals surface area contributed by atoms with E-state index in [4.69, 9.17) is 0 Å². The first-order valence-corrected chi connectivity index (χ1v) is 8.36. The first-order valence-electron chi connectivity index (χ1n) is 6.92. The standard InChI is InChI=1S/C12H23N5O2S/c1-13-9-11-5-3-4-7-17(11)20(18,19)15-10-12-14-6-8-16(12)2/h6,8,11,13,15H,3-5,7,9-10H2,1-2H3. The normalized spacial score (nSPS) is 21.2. The predicted octanol–water partition coefficient (Wildman–Crippen LogP) is -0.172. The summed E-state index contributed by atoms with van der Waals surface area (Å²) >= 11 is 0. The average Bonchev–Trinajstić information content (AvgIpc) is 2.83. The van der Waals surface area contributed by atoms with Gasteiger partial charge in [-0.25, -0.2) is 4.98 Å². The van der Waals surface area contributed by atoms with Crippen molar-refractivity contribution in [3.8, 4) is 0 Å². The molecule has 0 radical (unpaired) electrons. The van der Waals surface area contributed by atoms with Crippen LogP contribution in [0.5, 0.6) is 0 Å². The number of imidazole rings is 1. The molecule has 2 rings (SSSR count). The van der Waals surface area contributed by atoms with Crippen molar-refractivity contribution in [3.05, 3.63) is 18.2 Å². The Hall–Kier alpha value is -0.960. The number of aryl methyl sites for hydroxylation is 1. The van der Waals surface area contributed by atoms with E-state index in [0.717, 1.165) is 19.3 Å². The fourth-order valence-electron chi connectivity index (χ4n) is 2.54. The van der Waals surface area contributed by atoms with Gasteiger partial charge in [-0.1, -0.05) is 6.42 Å². The highest BCUT2D eigenvalue weighted by atomic mass is 32.2. The summed E-state index contributed by atoms with van der Waals surface area (Å²) in [5, 5.41) is 3.07. The maximum Gasteiger partial charge on any atom is 0.280 e. The number of hydrogen-bond acceptors (Lipinski definition) is 4. The smallest absolute Gasteiger partial charge is 0.280 e. The van der Waals surface area contributed by atoms with Crippen molar-refractivity contribution in [1.82, 2.24) is 23.9 Å². The van der Waals surface area contributed by atoms with Crippen molar-refractivity contribution in [2.24, 2.45) is 7.05 Å². The van der Waals surface area contributed by atoms with E-state index in [1.807, 2.05) is 18.7 Å². The molecule has 0 amide bonds. The second-order valence-corrected chi connectivity index (χ2v) is 6.81. The zero-order chi connectivity index (χ0) is 14.6. The summed E-state index contributed by atoms with van der Waals surface area (Å²) in [6.45, 7) is 1.49. The Morgan fingerprint density at radius 1 is 1.45 bits per heavy atom. The fraction of sp³-hybridized carbons (Fsp3) is 0.750. The molecular formula is C12H23N5O2S. The molecule has 114 valence electrons. The highest BCUT2D eigenvalue weighted by Crippen LogP contribution is 2.19. The van der Waals surface area contributed by atoms with Crippen molar-refractivity contribution in [2.45, 2.75) is 31.8 Å². The lowest BCUT2D eigenvalue weighted by molar-refractivity contribution is 0.246. The molecule has 0 saturated carbocycles. The maximum absolute atomic E-state index is 12.4. The van der Waals surface area contributed by atoms with Gasteiger partial charge >= 0.3 is 0 Å². The van der Waals surface area contributed by atoms with Crippen LogP contribution in [0.3, 0.4) is 0 Å². The molecule has 1 atom stereocenters. The molecule has 0 aliphatic carbocycles. The number of rotatable bonds is 6. The van der Waals surface area contributed by atoms with Crippen LogP contribution < -0.4 is 10.0 Å². The van der Waals surface area contributed by atoms with E-state index in [9.17, 15) is 8.42 Å². The number of likely N-dealkylation sites (N-methyl/N-ethyl adjacent to an activating group) is 1. The topological polar surface area (TPSA) is 79.3 Å². The molecule has 1 unspecified atom stereocenters. The van der Waals surface area contributed by atoms with Gasteiger partial charge in [0, 0.05) is 38.6 Å². The van der Waals surface area contributed by atoms with Crippen LogP contribution in [0.2, 0.25) is 0 Å². The van der Waals surface area contributed by atoms with Crippen LogP contribution in [-0.2, 0) is 23.8 Å². The summed E-state index contributed by atoms with van der Waals surface area (Å²) in [5.74, 6) is 0.704. The van der Waals surface area contributed by atoms with E-state index >= 15 is 0 Å². The SMILES string of the molecule is CNCC1CCCCN1S(=O)(=O)NCc1nccn1C. The summed E-state index contributed by atoms with van der Waals surface area (Å²) in [6.07, 6.45) is 6.37. The fourth-order valence-corrected chi connectivity index (χ4v) is 3.95. The van der Waals surface area contributed by atoms with Gasteiger partial charge in [-0.3, -0.25) is 0 Å². The molecule has 0 spiro atoms. The molecule has 1 aromatic rings. The van der Waals surface area contributed by atoms with Gasteiger partial charge in [-0.05, 0) is 19.9 Å². The van der Waals surface area contributed by atoms with Crippen molar-refractivity contribution in [2.75, 3.05) is 20.1 Å². The molecule has 2 heterocycles. The largest absolute Gasteiger partial charge is 0.337 e. The predicted molar refractivity (Wildman–Crippen MR) is 77.2 cm³/mol. The third kappa shape index (κ3) is 3.57. The quantitative estimate of drug-likeness (QED) is 0.764. The Balaban J connectivity index is 2.02. The number of nitrogens with one attached hydrogen (secondary N) is 2. The zero-order valence-electron chi connectivity index (χ0n) is 12.0. The third-order valence-electron chi connectivity index (χ3n) is 3.66. The maximum atomic E-state index is 12.4. The first-order chi connectivity index (χ1) is 9.54. The molecule has 0 aromatic carbocycles. The second-order valence-electron chi connectivity index (χ2n) is 5.10. The van der Waals surface area contributed by atoms with Crippen LogP contribution in [0.1, 0.15) is 25.1 Å². The highest BCUT2D eigenvalue weighted by Gasteiger charge is 2.31. The number of aromatic nitrogens is 2. The molecule has 1 aromatic heterocycles. The number of piperidine rings is 1. The molecule has 0 bridgehead atoms. The lowest BCUT2D eigenvalue weighted by Gasteiger charge is -2.34. The van der Waals surface area contributed by atoms with Crippen LogP contribution in [0, 0.1) is 0 Å². The van der Waals surface area contributed by atoms with Gasteiger partial charge in [-0.2, -0.15) is 17.4 Å². The van der Waals surface area contributed by atoms with E-state index in [1.165, 1.54) is 0 Å². The molecule has 7 nitrogen and oxygen atoms in total. The van der Waals surface area contributed by atoms with Crippen LogP contribution >= 0.6 is 0 Å². The molecule has 2 N–H and O–H groups in total. The molecule has 1 aliphatic heterocycles. The van der Waals surface area contributed by atoms with Crippen LogP contribution in [0.25, 0.3) is 0 Å². The zero-order valence-corrected chi connectivity index (χ0v) is 12.9. The minimum Gasteiger partial charge on any atom is -0.337 e. The van der Waals surface area contributed by atoms with E-state index in [0.29, 0.717) is 18.9 Å². The Kier molecular flexibility index (Phi) is 5.14. The van der Waals surface area contributed by atoms with E-state index in [2.05, 4.69) is 15.0 Å². The summed E-state index contributed by atoms with van der Waals surface area (Å²) in [7, 11) is 0.239. The first kappa shape index (κ1) is 15.4.